The van der Waals surface area contributed by atoms with Crippen LogP contribution in [-0.2, 0) is 56.0 Å². The lowest BCUT2D eigenvalue weighted by atomic mass is 10.1. The van der Waals surface area contributed by atoms with E-state index in [1.807, 2.05) is 56.1 Å². The van der Waals surface area contributed by atoms with Crippen LogP contribution in [0.15, 0.2) is 60.8 Å². The minimum absolute atomic E-state index is 0. The Labute approximate surface area is 464 Å². The molecule has 2 aromatic carbocycles. The summed E-state index contributed by atoms with van der Waals surface area (Å²) in [5.41, 5.74) is 4.72. The van der Waals surface area contributed by atoms with E-state index >= 15 is 0 Å². The molecule has 3 aliphatic rings. The fraction of sp³-hybridized carbons (Fsp3) is 0.589. The minimum Gasteiger partial charge on any atom is -0.445 e. The molecule has 3 aliphatic heterocycles. The summed E-state index contributed by atoms with van der Waals surface area (Å²) in [6, 6.07) is 17.1. The first kappa shape index (κ1) is 64.5. The van der Waals surface area contributed by atoms with Gasteiger partial charge in [-0.25, -0.2) is 14.8 Å². The lowest BCUT2D eigenvalue weighted by molar-refractivity contribution is -0.134. The van der Waals surface area contributed by atoms with E-state index in [0.717, 1.165) is 56.5 Å². The molecule has 22 heteroatoms. The quantitative estimate of drug-likeness (QED) is 0.0629. The Kier molecular flexibility index (Phi) is 29.9. The van der Waals surface area contributed by atoms with E-state index in [2.05, 4.69) is 69.9 Å². The molecule has 3 fully saturated rings. The highest BCUT2D eigenvalue weighted by atomic mass is 32.1. The molecule has 0 radical (unpaired) electrons. The Hall–Kier alpha value is -6.04. The average molecular weight is 1110 g/mol. The molecule has 3 N–H and O–H groups in total. The summed E-state index contributed by atoms with van der Waals surface area (Å²) in [7, 11) is 0. The summed E-state index contributed by atoms with van der Waals surface area (Å²) < 4.78 is 28.4. The van der Waals surface area contributed by atoms with Crippen LogP contribution in [0.1, 0.15) is 78.4 Å². The zero-order chi connectivity index (χ0) is 55.2. The van der Waals surface area contributed by atoms with Gasteiger partial charge in [0.25, 0.3) is 0 Å². The molecule has 432 valence electrons. The zero-order valence-corrected chi connectivity index (χ0v) is 47.6. The lowest BCUT2D eigenvalue weighted by Crippen LogP contribution is -2.52. The van der Waals surface area contributed by atoms with E-state index in [1.54, 1.807) is 28.1 Å². The number of hydrogen-bond acceptors (Lipinski definition) is 16. The molecule has 0 aliphatic carbocycles. The molecule has 0 spiro atoms. The maximum Gasteiger partial charge on any atom is 0.410 e. The van der Waals surface area contributed by atoms with E-state index < -0.39 is 11.9 Å². The molecule has 5 heterocycles. The molecule has 20 nitrogen and oxygen atoms in total. The third-order valence-corrected chi connectivity index (χ3v) is 13.7. The van der Waals surface area contributed by atoms with Crippen molar-refractivity contribution in [1.29, 1.82) is 0 Å². The Morgan fingerprint density at radius 3 is 1.92 bits per heavy atom. The van der Waals surface area contributed by atoms with Crippen molar-refractivity contribution in [2.75, 3.05) is 141 Å². The summed E-state index contributed by atoms with van der Waals surface area (Å²) >= 11 is 1.66. The Bertz CT molecular complexity index is 2380. The number of nitrogens with zero attached hydrogens (tertiary/aromatic N) is 7. The van der Waals surface area contributed by atoms with Crippen LogP contribution in [0.25, 0.3) is 20.8 Å². The van der Waals surface area contributed by atoms with Crippen LogP contribution in [0.4, 0.5) is 21.0 Å². The van der Waals surface area contributed by atoms with Gasteiger partial charge in [0.2, 0.25) is 23.6 Å². The van der Waals surface area contributed by atoms with Gasteiger partial charge in [0, 0.05) is 96.0 Å². The minimum atomic E-state index is -0.831. The second-order valence-electron chi connectivity index (χ2n) is 18.5. The maximum absolute atomic E-state index is 13.0. The van der Waals surface area contributed by atoms with Crippen molar-refractivity contribution in [1.82, 2.24) is 40.6 Å². The van der Waals surface area contributed by atoms with Crippen molar-refractivity contribution in [2.45, 2.75) is 86.4 Å². The summed E-state index contributed by atoms with van der Waals surface area (Å²) in [5.74, 6) is -0.170. The molecule has 7 rings (SSSR count). The summed E-state index contributed by atoms with van der Waals surface area (Å²) in [4.78, 5) is 83.2. The topological polar surface area (TPSA) is 210 Å². The van der Waals surface area contributed by atoms with Crippen LogP contribution >= 0.6 is 11.3 Å². The van der Waals surface area contributed by atoms with Crippen molar-refractivity contribution in [3.05, 3.63) is 71.9 Å². The van der Waals surface area contributed by atoms with E-state index in [4.69, 9.17) is 33.7 Å². The number of carbonyl (C=O) groups excluding carboxylic acids is 5. The van der Waals surface area contributed by atoms with Crippen LogP contribution in [0.2, 0.25) is 0 Å². The summed E-state index contributed by atoms with van der Waals surface area (Å²) in [5, 5.41) is 9.01. The highest BCUT2D eigenvalue weighted by Crippen LogP contribution is 2.33. The summed E-state index contributed by atoms with van der Waals surface area (Å²) in [6.07, 6.45) is 5.51. The second-order valence-corrected chi connectivity index (χ2v) is 19.6. The largest absolute Gasteiger partial charge is 0.445 e. The number of pyridine rings is 1. The van der Waals surface area contributed by atoms with Crippen LogP contribution in [-0.4, -0.2) is 192 Å². The molecule has 2 aromatic heterocycles. The van der Waals surface area contributed by atoms with Crippen molar-refractivity contribution in [2.24, 2.45) is 0 Å². The molecule has 3 saturated heterocycles. The molecular weight excluding hydrogens is 1020 g/mol. The highest BCUT2D eigenvalue weighted by Gasteiger charge is 2.25. The van der Waals surface area contributed by atoms with Gasteiger partial charge in [-0.3, -0.25) is 28.8 Å². The van der Waals surface area contributed by atoms with Gasteiger partial charge in [0.1, 0.15) is 23.5 Å². The number of halogens is 1. The lowest BCUT2D eigenvalue weighted by Gasteiger charge is -2.35. The number of carbonyl (C=O) groups is 5. The fourth-order valence-corrected chi connectivity index (χ4v) is 9.42. The molecule has 1 unspecified atom stereocenters. The molecule has 0 saturated carbocycles. The van der Waals surface area contributed by atoms with Crippen LogP contribution in [0.5, 0.6) is 0 Å². The predicted molar refractivity (Wildman–Crippen MR) is 304 cm³/mol. The van der Waals surface area contributed by atoms with Crippen molar-refractivity contribution in [3.63, 3.8) is 0 Å². The number of rotatable bonds is 26. The van der Waals surface area contributed by atoms with E-state index in [1.165, 1.54) is 19.3 Å². The van der Waals surface area contributed by atoms with Crippen molar-refractivity contribution in [3.8, 4) is 10.6 Å². The van der Waals surface area contributed by atoms with Crippen molar-refractivity contribution >= 4 is 62.8 Å². The highest BCUT2D eigenvalue weighted by molar-refractivity contribution is 7.21. The van der Waals surface area contributed by atoms with E-state index in [-0.39, 0.29) is 61.2 Å². The second kappa shape index (κ2) is 36.2. The van der Waals surface area contributed by atoms with Gasteiger partial charge in [-0.2, -0.15) is 0 Å². The third-order valence-electron chi connectivity index (χ3n) is 12.6. The van der Waals surface area contributed by atoms with Gasteiger partial charge >= 0.3 is 6.09 Å². The standard InChI is InChI=1S/C51H70N10O10S.C3H8.C2H6.FH/c1-3-67-26-27-69-30-31-70-29-28-68-25-14-48(64)60-19-17-57(18-20-60)36-47(63)53-35-46(62)55-38(2)49(65)54-33-39-6-8-40(9-7-39)37-71-51(66)61-23-21-58(22-24-61)42-11-12-43-44(32-42)72-50(56-43)41-10-13-45(52-34-41)59-15-4-5-16-59;1-3-2;1-2;/h6-13,32,34,38H,3-5,14-31,33,35-37H2,1-2H3,(H,53,63)(H,54,65)(H,55,62);3H2,1-2H3;1-2H3;1H. The van der Waals surface area contributed by atoms with Gasteiger partial charge in [-0.1, -0.05) is 58.4 Å². The number of benzene rings is 2. The van der Waals surface area contributed by atoms with Crippen LogP contribution in [0, 0.1) is 0 Å². The number of amides is 5. The van der Waals surface area contributed by atoms with E-state index in [0.29, 0.717) is 105 Å². The van der Waals surface area contributed by atoms with Gasteiger partial charge in [0.05, 0.1) is 76.0 Å². The first-order valence-corrected chi connectivity index (χ1v) is 28.4. The van der Waals surface area contributed by atoms with E-state index in [9.17, 15) is 24.0 Å². The normalized spacial score (nSPS) is 14.8. The molecule has 1 atom stereocenters. The Morgan fingerprint density at radius 2 is 1.29 bits per heavy atom. The van der Waals surface area contributed by atoms with Gasteiger partial charge in [0.15, 0.2) is 0 Å². The van der Waals surface area contributed by atoms with Crippen LogP contribution < -0.4 is 25.8 Å². The molecular formula is C56H85FN10O10S. The average Bonchev–Trinajstić information content (AvgIpc) is 4.20. The summed E-state index contributed by atoms with van der Waals surface area (Å²) in [6.45, 7) is 22.4. The monoisotopic (exact) mass is 1110 g/mol. The number of nitrogens with one attached hydrogen (secondary N) is 3. The Balaban J connectivity index is 0.00000211. The maximum atomic E-state index is 13.0. The Morgan fingerprint density at radius 1 is 0.679 bits per heavy atom. The number of anilines is 2. The predicted octanol–water partition coefficient (Wildman–Crippen LogP) is 5.87. The molecule has 0 bridgehead atoms. The van der Waals surface area contributed by atoms with Gasteiger partial charge in [-0.05, 0) is 68.1 Å². The number of aromatic nitrogens is 2. The van der Waals surface area contributed by atoms with Gasteiger partial charge < -0.3 is 59.2 Å². The van der Waals surface area contributed by atoms with Gasteiger partial charge in [-0.15, -0.1) is 11.3 Å². The number of ether oxygens (including phenoxy) is 5. The smallest absolute Gasteiger partial charge is 0.410 e. The number of piperazine rings is 2. The molecule has 5 amide bonds. The SMILES string of the molecule is CC.CCC.CCOCCOCCOCCOCCC(=O)N1CCN(CC(=O)NCC(=O)NC(C)C(=O)NCc2ccc(COC(=O)N3CCN(c4ccc5nc(-c6ccc(N7CCCC7)nc6)sc5c4)CC3)cc2)CC1.F. The molecule has 78 heavy (non-hydrogen) atoms. The number of hydrogen-bond donors (Lipinski definition) is 3. The van der Waals surface area contributed by atoms with Crippen LogP contribution in [0.3, 0.4) is 0 Å². The number of fused-ring (bicyclic) bond motifs is 1. The first-order chi connectivity index (χ1) is 37.5. The van der Waals surface area contributed by atoms with Crippen molar-refractivity contribution < 1.29 is 52.4 Å². The number of thiazole rings is 1. The first-order valence-electron chi connectivity index (χ1n) is 27.5. The molecule has 4 aromatic rings. The fourth-order valence-electron chi connectivity index (χ4n) is 8.43. The third kappa shape index (κ3) is 22.0. The zero-order valence-electron chi connectivity index (χ0n) is 46.8.